The summed E-state index contributed by atoms with van der Waals surface area (Å²) >= 11 is 0. The average molecular weight is 268 g/mol. The molecule has 1 aliphatic rings. The Morgan fingerprint density at radius 3 is 2.61 bits per heavy atom. The number of hydrazine groups is 1. The number of nitrogens with one attached hydrogen (secondary N) is 3. The highest BCUT2D eigenvalue weighted by Crippen LogP contribution is 2.06. The molecule has 0 radical (unpaired) electrons. The van der Waals surface area contributed by atoms with Crippen molar-refractivity contribution in [2.24, 2.45) is 0 Å². The van der Waals surface area contributed by atoms with Crippen molar-refractivity contribution >= 4 is 15.9 Å². The van der Waals surface area contributed by atoms with Crippen LogP contribution in [0, 0.1) is 0 Å². The van der Waals surface area contributed by atoms with Crippen molar-refractivity contribution in [3.05, 3.63) is 30.3 Å². The molecule has 0 atom stereocenters. The quantitative estimate of drug-likeness (QED) is 0.649. The summed E-state index contributed by atoms with van der Waals surface area (Å²) in [5.74, 6) is 0.840. The largest absolute Gasteiger partial charge is 0.277 e. The van der Waals surface area contributed by atoms with Gasteiger partial charge in [0.25, 0.3) is 15.9 Å². The third kappa shape index (κ3) is 3.54. The first-order valence-corrected chi connectivity index (χ1v) is 7.59. The molecule has 1 aromatic rings. The lowest BCUT2D eigenvalue weighted by Crippen LogP contribution is -2.76. The molecular formula is C12H18N3O2S+. The molecule has 6 heteroatoms. The molecule has 0 saturated heterocycles. The zero-order chi connectivity index (χ0) is 12.8. The van der Waals surface area contributed by atoms with Gasteiger partial charge in [-0.3, -0.25) is 4.99 Å². The van der Waals surface area contributed by atoms with Crippen LogP contribution < -0.4 is 15.2 Å². The predicted molar refractivity (Wildman–Crippen MR) is 69.2 cm³/mol. The average Bonchev–Trinajstić information content (AvgIpc) is 2.66. The van der Waals surface area contributed by atoms with Crippen LogP contribution in [0.2, 0.25) is 0 Å². The summed E-state index contributed by atoms with van der Waals surface area (Å²) in [5.41, 5.74) is 2.77. The van der Waals surface area contributed by atoms with Gasteiger partial charge in [0.1, 0.15) is 0 Å². The Labute approximate surface area is 107 Å². The third-order valence-corrected chi connectivity index (χ3v) is 4.10. The van der Waals surface area contributed by atoms with E-state index in [1.54, 1.807) is 30.3 Å². The van der Waals surface area contributed by atoms with Gasteiger partial charge in [-0.1, -0.05) is 23.0 Å². The Bertz CT molecular complexity index is 511. The van der Waals surface area contributed by atoms with Crippen molar-refractivity contribution in [1.29, 1.82) is 0 Å². The van der Waals surface area contributed by atoms with E-state index in [9.17, 15) is 8.42 Å². The minimum atomic E-state index is -3.49. The van der Waals surface area contributed by atoms with Crippen LogP contribution in [-0.2, 0) is 10.0 Å². The highest BCUT2D eigenvalue weighted by molar-refractivity contribution is 7.89. The Morgan fingerprint density at radius 1 is 1.06 bits per heavy atom. The van der Waals surface area contributed by atoms with Crippen molar-refractivity contribution in [2.45, 2.75) is 30.6 Å². The molecule has 1 aliphatic heterocycles. The zero-order valence-electron chi connectivity index (χ0n) is 10.1. The number of hydrogen-bond donors (Lipinski definition) is 3. The molecule has 0 bridgehead atoms. The van der Waals surface area contributed by atoms with Crippen LogP contribution in [0.4, 0.5) is 0 Å². The molecule has 1 heterocycles. The van der Waals surface area contributed by atoms with E-state index in [0.29, 0.717) is 0 Å². The fourth-order valence-electron chi connectivity index (χ4n) is 1.83. The van der Waals surface area contributed by atoms with Crippen LogP contribution >= 0.6 is 0 Å². The summed E-state index contributed by atoms with van der Waals surface area (Å²) in [6.07, 6.45) is 4.21. The SMILES string of the molecule is O=S(=O)(NNC1=[NH+]CCCCC1)c1ccccc1. The molecule has 0 saturated carbocycles. The predicted octanol–water partition coefficient (Wildman–Crippen LogP) is -0.477. The Balaban J connectivity index is 1.99. The molecule has 0 amide bonds. The molecule has 3 N–H and O–H groups in total. The Kier molecular flexibility index (Phi) is 4.33. The summed E-state index contributed by atoms with van der Waals surface area (Å²) in [7, 11) is -3.49. The molecular weight excluding hydrogens is 250 g/mol. The number of sulfonamides is 1. The summed E-state index contributed by atoms with van der Waals surface area (Å²) < 4.78 is 23.9. The molecule has 0 aliphatic carbocycles. The minimum absolute atomic E-state index is 0.256. The van der Waals surface area contributed by atoms with E-state index in [4.69, 9.17) is 0 Å². The van der Waals surface area contributed by atoms with Crippen LogP contribution in [-0.4, -0.2) is 20.8 Å². The second kappa shape index (κ2) is 5.97. The monoisotopic (exact) mass is 268 g/mol. The number of amidine groups is 1. The van der Waals surface area contributed by atoms with Crippen molar-refractivity contribution < 1.29 is 13.4 Å². The number of rotatable bonds is 3. The maximum atomic E-state index is 11.9. The molecule has 18 heavy (non-hydrogen) atoms. The third-order valence-electron chi connectivity index (χ3n) is 2.83. The highest BCUT2D eigenvalue weighted by atomic mass is 32.2. The van der Waals surface area contributed by atoms with Crippen LogP contribution in [0.1, 0.15) is 25.7 Å². The van der Waals surface area contributed by atoms with Gasteiger partial charge in [0, 0.05) is 6.42 Å². The van der Waals surface area contributed by atoms with Crippen LogP contribution in [0.3, 0.4) is 0 Å². The first-order valence-electron chi connectivity index (χ1n) is 6.11. The van der Waals surface area contributed by atoms with Gasteiger partial charge in [0.15, 0.2) is 0 Å². The summed E-state index contributed by atoms with van der Waals surface area (Å²) in [6, 6.07) is 8.32. The standard InChI is InChI=1S/C12H17N3O2S/c16-18(17,11-7-3-1-4-8-11)15-14-12-9-5-2-6-10-13-12/h1,3-4,7-8,15H,2,5-6,9-10H2,(H,13,14)/p+1. The van der Waals surface area contributed by atoms with Gasteiger partial charge in [0.05, 0.1) is 11.4 Å². The van der Waals surface area contributed by atoms with Gasteiger partial charge in [0.2, 0.25) is 0 Å². The molecule has 0 spiro atoms. The molecule has 0 aromatic heterocycles. The molecule has 0 unspecified atom stereocenters. The van der Waals surface area contributed by atoms with Gasteiger partial charge in [-0.2, -0.15) is 5.43 Å². The van der Waals surface area contributed by atoms with Crippen molar-refractivity contribution in [3.8, 4) is 0 Å². The maximum Gasteiger partial charge on any atom is 0.273 e. The van der Waals surface area contributed by atoms with E-state index in [-0.39, 0.29) is 4.90 Å². The van der Waals surface area contributed by atoms with Crippen molar-refractivity contribution in [3.63, 3.8) is 0 Å². The summed E-state index contributed by atoms with van der Waals surface area (Å²) in [6.45, 7) is 0.884. The topological polar surface area (TPSA) is 72.2 Å². The van der Waals surface area contributed by atoms with Gasteiger partial charge in [-0.15, -0.1) is 0 Å². The van der Waals surface area contributed by atoms with E-state index < -0.39 is 10.0 Å². The highest BCUT2D eigenvalue weighted by Gasteiger charge is 2.17. The fourth-order valence-corrected chi connectivity index (χ4v) is 2.72. The lowest BCUT2D eigenvalue weighted by atomic mass is 10.2. The first kappa shape index (κ1) is 13.0. The second-order valence-corrected chi connectivity index (χ2v) is 5.94. The normalized spacial score (nSPS) is 16.8. The number of benzene rings is 1. The van der Waals surface area contributed by atoms with Gasteiger partial charge in [-0.25, -0.2) is 8.42 Å². The minimum Gasteiger partial charge on any atom is -0.277 e. The molecule has 5 nitrogen and oxygen atoms in total. The summed E-state index contributed by atoms with van der Waals surface area (Å²) in [5, 5.41) is 0. The van der Waals surface area contributed by atoms with E-state index in [2.05, 4.69) is 15.2 Å². The van der Waals surface area contributed by atoms with E-state index in [1.165, 1.54) is 6.42 Å². The first-order chi connectivity index (χ1) is 8.68. The van der Waals surface area contributed by atoms with E-state index >= 15 is 0 Å². The van der Waals surface area contributed by atoms with Gasteiger partial charge in [-0.05, 0) is 31.4 Å². The summed E-state index contributed by atoms with van der Waals surface area (Å²) in [4.78, 5) is 5.84. The lowest BCUT2D eigenvalue weighted by Gasteiger charge is -2.04. The number of hydrogen-bond acceptors (Lipinski definition) is 3. The smallest absolute Gasteiger partial charge is 0.273 e. The van der Waals surface area contributed by atoms with Crippen molar-refractivity contribution in [2.75, 3.05) is 6.54 Å². The Morgan fingerprint density at radius 2 is 1.83 bits per heavy atom. The van der Waals surface area contributed by atoms with Crippen LogP contribution in [0.5, 0.6) is 0 Å². The molecule has 0 fully saturated rings. The van der Waals surface area contributed by atoms with Gasteiger partial charge >= 0.3 is 0 Å². The lowest BCUT2D eigenvalue weighted by molar-refractivity contribution is -0.460. The molecule has 2 rings (SSSR count). The van der Waals surface area contributed by atoms with Crippen LogP contribution in [0.15, 0.2) is 35.2 Å². The maximum absolute atomic E-state index is 11.9. The zero-order valence-corrected chi connectivity index (χ0v) is 11.0. The van der Waals surface area contributed by atoms with E-state index in [0.717, 1.165) is 31.6 Å². The van der Waals surface area contributed by atoms with E-state index in [1.807, 2.05) is 0 Å². The molecule has 1 aromatic carbocycles. The van der Waals surface area contributed by atoms with Crippen molar-refractivity contribution in [1.82, 2.24) is 10.3 Å². The van der Waals surface area contributed by atoms with Crippen LogP contribution in [0.25, 0.3) is 0 Å². The Hall–Kier alpha value is -1.40. The second-order valence-electron chi connectivity index (χ2n) is 4.26. The van der Waals surface area contributed by atoms with Gasteiger partial charge < -0.3 is 0 Å². The fraction of sp³-hybridized carbons (Fsp3) is 0.417. The molecule has 98 valence electrons.